The Morgan fingerprint density at radius 1 is 1.04 bits per heavy atom. The summed E-state index contributed by atoms with van der Waals surface area (Å²) in [6.07, 6.45) is 9.36. The third kappa shape index (κ3) is 8.97. The van der Waals surface area contributed by atoms with Gasteiger partial charge in [-0.3, -0.25) is 24.0 Å². The molecule has 4 N–H and O–H groups in total. The van der Waals surface area contributed by atoms with Crippen molar-refractivity contribution in [2.24, 2.45) is 28.1 Å². The third-order valence-corrected chi connectivity index (χ3v) is 10.2. The van der Waals surface area contributed by atoms with Gasteiger partial charge in [-0.2, -0.15) is 0 Å². The highest BCUT2D eigenvalue weighted by molar-refractivity contribution is 6.38. The van der Waals surface area contributed by atoms with Gasteiger partial charge in [0.1, 0.15) is 12.1 Å². The van der Waals surface area contributed by atoms with E-state index in [9.17, 15) is 28.8 Å². The predicted octanol–water partition coefficient (Wildman–Crippen LogP) is 2.38. The van der Waals surface area contributed by atoms with Crippen LogP contribution in [0.3, 0.4) is 0 Å². The monoisotopic (exact) mass is 668 g/mol. The van der Waals surface area contributed by atoms with Crippen molar-refractivity contribution >= 4 is 35.4 Å². The van der Waals surface area contributed by atoms with Crippen molar-refractivity contribution in [3.63, 3.8) is 0 Å². The summed E-state index contributed by atoms with van der Waals surface area (Å²) in [6, 6.07) is -3.98. The first kappa shape index (κ1) is 38.6. The summed E-state index contributed by atoms with van der Waals surface area (Å²) < 4.78 is 0. The minimum atomic E-state index is -1.17. The molecule has 0 aromatic carbocycles. The van der Waals surface area contributed by atoms with Crippen LogP contribution in [0.4, 0.5) is 4.79 Å². The normalized spacial score (nSPS) is 23.5. The SMILES string of the molecule is C#CCCC(NC(=O)[C@@H]1[C@@H]2[C@H](CN1C(=O)[C@@H](NC(=O)N[C@H](CN1CCCCC1=O)C(C)(C)C)C(C)(C)C)C2(C)C)C(=O)C(=O)NCC=C. The molecule has 0 aromatic heterocycles. The maximum Gasteiger partial charge on any atom is 0.315 e. The number of hydrogen-bond acceptors (Lipinski definition) is 6. The van der Waals surface area contributed by atoms with Gasteiger partial charge < -0.3 is 31.1 Å². The van der Waals surface area contributed by atoms with Crippen LogP contribution in [0.25, 0.3) is 0 Å². The molecule has 6 atom stereocenters. The van der Waals surface area contributed by atoms with E-state index >= 15 is 0 Å². The van der Waals surface area contributed by atoms with Gasteiger partial charge in [0.25, 0.3) is 5.91 Å². The Kier molecular flexibility index (Phi) is 12.2. The number of likely N-dealkylation sites (tertiary alicyclic amines) is 2. The molecule has 2 saturated heterocycles. The van der Waals surface area contributed by atoms with Crippen molar-refractivity contribution in [2.75, 3.05) is 26.2 Å². The zero-order chi connectivity index (χ0) is 36.2. The molecular formula is C36H56N6O6. The minimum absolute atomic E-state index is 0.0507. The molecule has 6 amide bonds. The smallest absolute Gasteiger partial charge is 0.315 e. The highest BCUT2D eigenvalue weighted by Crippen LogP contribution is 2.65. The van der Waals surface area contributed by atoms with Crippen LogP contribution in [0.2, 0.25) is 0 Å². The second kappa shape index (κ2) is 15.1. The van der Waals surface area contributed by atoms with Gasteiger partial charge in [-0.25, -0.2) is 4.79 Å². The second-order valence-electron chi connectivity index (χ2n) is 16.2. The number of amides is 6. The van der Waals surface area contributed by atoms with Gasteiger partial charge in [-0.15, -0.1) is 18.9 Å². The fraction of sp³-hybridized carbons (Fsp3) is 0.722. The number of nitrogens with zero attached hydrogens (tertiary/aromatic N) is 2. The molecule has 2 heterocycles. The number of Topliss-reactive ketones (excluding diaryl/α,β-unsaturated/α-hetero) is 1. The molecule has 1 aliphatic carbocycles. The van der Waals surface area contributed by atoms with E-state index in [1.165, 1.54) is 11.0 Å². The van der Waals surface area contributed by atoms with Crippen molar-refractivity contribution < 1.29 is 28.8 Å². The summed E-state index contributed by atoms with van der Waals surface area (Å²) in [4.78, 5) is 83.3. The van der Waals surface area contributed by atoms with Crippen molar-refractivity contribution in [3.8, 4) is 12.3 Å². The van der Waals surface area contributed by atoms with Crippen molar-refractivity contribution in [1.82, 2.24) is 31.1 Å². The Balaban J connectivity index is 1.82. The topological polar surface area (TPSA) is 157 Å². The molecule has 2 aliphatic heterocycles. The highest BCUT2D eigenvalue weighted by Gasteiger charge is 2.70. The molecular weight excluding hydrogens is 612 g/mol. The average molecular weight is 669 g/mol. The molecule has 3 aliphatic rings. The largest absolute Gasteiger partial charge is 0.346 e. The molecule has 0 aromatic rings. The lowest BCUT2D eigenvalue weighted by molar-refractivity contribution is -0.145. The zero-order valence-electron chi connectivity index (χ0n) is 30.0. The van der Waals surface area contributed by atoms with E-state index in [2.05, 4.69) is 33.8 Å². The summed E-state index contributed by atoms with van der Waals surface area (Å²) in [7, 11) is 0. The van der Waals surface area contributed by atoms with E-state index in [0.717, 1.165) is 12.8 Å². The summed E-state index contributed by atoms with van der Waals surface area (Å²) in [5.74, 6) is -0.223. The van der Waals surface area contributed by atoms with Crippen LogP contribution in [0, 0.1) is 40.4 Å². The van der Waals surface area contributed by atoms with E-state index < -0.39 is 53.1 Å². The number of nitrogens with one attached hydrogen (secondary N) is 4. The van der Waals surface area contributed by atoms with Crippen molar-refractivity contribution in [2.45, 2.75) is 112 Å². The zero-order valence-corrected chi connectivity index (χ0v) is 30.0. The van der Waals surface area contributed by atoms with Crippen LogP contribution in [0.5, 0.6) is 0 Å². The lowest BCUT2D eigenvalue weighted by Crippen LogP contribution is -2.63. The molecule has 1 saturated carbocycles. The number of terminal acetylenes is 1. The summed E-state index contributed by atoms with van der Waals surface area (Å²) in [5, 5.41) is 11.1. The standard InChI is InChI=1S/C36H56N6O6/c1-11-13-16-23(28(44)31(46)37-18-12-2)38-30(45)27-26-22(36(26,9)10)20-42(27)32(47)29(35(6,7)8)40-33(48)39-24(34(3,4)5)21-41-19-15-14-17-25(41)43/h1,12,22-24,26-27,29H,2,13-21H2,3-10H3,(H,37,46)(H,38,45)(H2,39,40,48)/t22-,23?,24+,26-,27-,29+/m0/s1. The van der Waals surface area contributed by atoms with Gasteiger partial charge in [-0.1, -0.05) is 61.5 Å². The van der Waals surface area contributed by atoms with Gasteiger partial charge in [0.2, 0.25) is 23.5 Å². The van der Waals surface area contributed by atoms with Gasteiger partial charge in [-0.05, 0) is 47.3 Å². The van der Waals surface area contributed by atoms with Gasteiger partial charge in [0.05, 0.1) is 12.1 Å². The molecule has 0 spiro atoms. The maximum atomic E-state index is 14.4. The van der Waals surface area contributed by atoms with E-state index in [4.69, 9.17) is 6.42 Å². The van der Waals surface area contributed by atoms with Gasteiger partial charge in [0.15, 0.2) is 0 Å². The number of carbonyl (C=O) groups excluding carboxylic acids is 6. The first-order valence-corrected chi connectivity index (χ1v) is 17.1. The van der Waals surface area contributed by atoms with Crippen LogP contribution in [-0.4, -0.2) is 95.6 Å². The lowest BCUT2D eigenvalue weighted by Gasteiger charge is -2.40. The Morgan fingerprint density at radius 2 is 1.71 bits per heavy atom. The average Bonchev–Trinajstić information content (AvgIpc) is 3.31. The third-order valence-electron chi connectivity index (χ3n) is 10.2. The molecule has 0 radical (unpaired) electrons. The van der Waals surface area contributed by atoms with Crippen LogP contribution < -0.4 is 21.3 Å². The summed E-state index contributed by atoms with van der Waals surface area (Å²) in [6.45, 7) is 20.5. The maximum absolute atomic E-state index is 14.4. The summed E-state index contributed by atoms with van der Waals surface area (Å²) in [5.41, 5.74) is -1.32. The first-order valence-electron chi connectivity index (χ1n) is 17.1. The molecule has 12 heteroatoms. The number of rotatable bonds is 13. The minimum Gasteiger partial charge on any atom is -0.346 e. The van der Waals surface area contributed by atoms with E-state index in [1.54, 1.807) is 4.90 Å². The number of fused-ring (bicyclic) bond motifs is 1. The second-order valence-corrected chi connectivity index (χ2v) is 16.2. The Bertz CT molecular complexity index is 1320. The quantitative estimate of drug-likeness (QED) is 0.134. The predicted molar refractivity (Wildman–Crippen MR) is 183 cm³/mol. The molecule has 266 valence electrons. The van der Waals surface area contributed by atoms with Crippen LogP contribution in [-0.2, 0) is 24.0 Å². The highest BCUT2D eigenvalue weighted by atomic mass is 16.2. The number of urea groups is 1. The van der Waals surface area contributed by atoms with Crippen LogP contribution in [0.15, 0.2) is 12.7 Å². The van der Waals surface area contributed by atoms with Gasteiger partial charge in [0, 0.05) is 39.0 Å². The van der Waals surface area contributed by atoms with E-state index in [0.29, 0.717) is 26.1 Å². The van der Waals surface area contributed by atoms with Crippen LogP contribution >= 0.6 is 0 Å². The fourth-order valence-electron chi connectivity index (χ4n) is 6.93. The molecule has 48 heavy (non-hydrogen) atoms. The number of hydrogen-bond donors (Lipinski definition) is 4. The molecule has 3 fully saturated rings. The molecule has 3 rings (SSSR count). The number of ketones is 1. The fourth-order valence-corrected chi connectivity index (χ4v) is 6.93. The Hall–Kier alpha value is -3.88. The number of carbonyl (C=O) groups is 6. The number of piperidine rings is 2. The van der Waals surface area contributed by atoms with E-state index in [-0.39, 0.29) is 54.0 Å². The lowest BCUT2D eigenvalue weighted by atomic mass is 9.84. The van der Waals surface area contributed by atoms with Crippen LogP contribution in [0.1, 0.15) is 87.5 Å². The molecule has 1 unspecified atom stereocenters. The van der Waals surface area contributed by atoms with E-state index in [1.807, 2.05) is 55.4 Å². The molecule has 12 nitrogen and oxygen atoms in total. The Morgan fingerprint density at radius 3 is 2.27 bits per heavy atom. The first-order chi connectivity index (χ1) is 22.2. The summed E-state index contributed by atoms with van der Waals surface area (Å²) >= 11 is 0. The van der Waals surface area contributed by atoms with Crippen molar-refractivity contribution in [3.05, 3.63) is 12.7 Å². The van der Waals surface area contributed by atoms with Gasteiger partial charge >= 0.3 is 6.03 Å². The Labute approximate surface area is 285 Å². The molecule has 0 bridgehead atoms. The van der Waals surface area contributed by atoms with Crippen molar-refractivity contribution in [1.29, 1.82) is 0 Å².